The Kier molecular flexibility index (Phi) is 11.6. The van der Waals surface area contributed by atoms with Gasteiger partial charge in [0.15, 0.2) is 0 Å². The minimum absolute atomic E-state index is 0.413. The van der Waals surface area contributed by atoms with E-state index in [1.54, 1.807) is 0 Å². The molecular weight excluding hydrogens is 258 g/mol. The molecule has 1 fully saturated rings. The van der Waals surface area contributed by atoms with E-state index >= 15 is 0 Å². The molecule has 0 N–H and O–H groups in total. The van der Waals surface area contributed by atoms with Crippen LogP contribution in [0.2, 0.25) is 0 Å². The van der Waals surface area contributed by atoms with Crippen molar-refractivity contribution >= 4 is 5.91 Å². The smallest absolute Gasteiger partial charge is 0.222 e. The molecule has 21 heavy (non-hydrogen) atoms. The van der Waals surface area contributed by atoms with Gasteiger partial charge >= 0.3 is 0 Å². The van der Waals surface area contributed by atoms with E-state index < -0.39 is 0 Å². The first-order chi connectivity index (χ1) is 10.3. The SMILES string of the molecule is CCCCCCCCCCCCC(=O)N1CCCCCC1. The molecule has 0 aromatic rings. The van der Waals surface area contributed by atoms with E-state index in [9.17, 15) is 4.79 Å². The van der Waals surface area contributed by atoms with Gasteiger partial charge in [-0.15, -0.1) is 0 Å². The Morgan fingerprint density at radius 3 is 1.71 bits per heavy atom. The van der Waals surface area contributed by atoms with Gasteiger partial charge in [0, 0.05) is 19.5 Å². The van der Waals surface area contributed by atoms with E-state index in [0.717, 1.165) is 25.9 Å². The molecule has 0 bridgehead atoms. The van der Waals surface area contributed by atoms with Crippen LogP contribution in [0.25, 0.3) is 0 Å². The first-order valence-electron chi connectivity index (χ1n) is 9.62. The van der Waals surface area contributed by atoms with Crippen LogP contribution in [0.5, 0.6) is 0 Å². The van der Waals surface area contributed by atoms with Gasteiger partial charge in [-0.1, -0.05) is 77.6 Å². The number of hydrogen-bond acceptors (Lipinski definition) is 1. The van der Waals surface area contributed by atoms with Crippen molar-refractivity contribution < 1.29 is 4.79 Å². The highest BCUT2D eigenvalue weighted by Crippen LogP contribution is 2.14. The second-order valence-corrected chi connectivity index (χ2v) is 6.73. The summed E-state index contributed by atoms with van der Waals surface area (Å²) < 4.78 is 0. The maximum atomic E-state index is 12.1. The summed E-state index contributed by atoms with van der Waals surface area (Å²) in [6, 6.07) is 0. The molecule has 0 radical (unpaired) electrons. The summed E-state index contributed by atoms with van der Waals surface area (Å²) in [7, 11) is 0. The predicted molar refractivity (Wildman–Crippen MR) is 91.5 cm³/mol. The predicted octanol–water partition coefficient (Wildman–Crippen LogP) is 5.70. The summed E-state index contributed by atoms with van der Waals surface area (Å²) in [5, 5.41) is 0. The normalized spacial score (nSPS) is 16.0. The largest absolute Gasteiger partial charge is 0.343 e. The van der Waals surface area contributed by atoms with Crippen molar-refractivity contribution in [2.45, 2.75) is 103 Å². The summed E-state index contributed by atoms with van der Waals surface area (Å²) in [6.07, 6.45) is 19.2. The molecular formula is C19H37NO. The number of rotatable bonds is 11. The second-order valence-electron chi connectivity index (χ2n) is 6.73. The Bertz CT molecular complexity index is 244. The number of nitrogens with zero attached hydrogens (tertiary/aromatic N) is 1. The van der Waals surface area contributed by atoms with Crippen LogP contribution >= 0.6 is 0 Å². The highest BCUT2D eigenvalue weighted by molar-refractivity contribution is 5.76. The molecule has 0 aliphatic carbocycles. The van der Waals surface area contributed by atoms with E-state index in [1.807, 2.05) is 0 Å². The van der Waals surface area contributed by atoms with Crippen molar-refractivity contribution in [3.63, 3.8) is 0 Å². The molecule has 1 amide bonds. The quantitative estimate of drug-likeness (QED) is 0.448. The van der Waals surface area contributed by atoms with Gasteiger partial charge in [-0.05, 0) is 19.3 Å². The molecule has 2 nitrogen and oxygen atoms in total. The number of hydrogen-bond donors (Lipinski definition) is 0. The zero-order valence-electron chi connectivity index (χ0n) is 14.4. The zero-order chi connectivity index (χ0) is 15.2. The van der Waals surface area contributed by atoms with E-state index in [-0.39, 0.29) is 0 Å². The Morgan fingerprint density at radius 2 is 1.19 bits per heavy atom. The molecule has 0 saturated carbocycles. The lowest BCUT2D eigenvalue weighted by atomic mass is 10.1. The van der Waals surface area contributed by atoms with Crippen LogP contribution in [0.4, 0.5) is 0 Å². The topological polar surface area (TPSA) is 20.3 Å². The Morgan fingerprint density at radius 1 is 0.714 bits per heavy atom. The minimum Gasteiger partial charge on any atom is -0.343 e. The van der Waals surface area contributed by atoms with Gasteiger partial charge in [0.25, 0.3) is 0 Å². The number of carbonyl (C=O) groups is 1. The molecule has 0 unspecified atom stereocenters. The fraction of sp³-hybridized carbons (Fsp3) is 0.947. The Balaban J connectivity index is 1.88. The maximum absolute atomic E-state index is 12.1. The highest BCUT2D eigenvalue weighted by Gasteiger charge is 2.14. The van der Waals surface area contributed by atoms with Crippen LogP contribution < -0.4 is 0 Å². The summed E-state index contributed by atoms with van der Waals surface area (Å²) in [5.41, 5.74) is 0. The molecule has 1 heterocycles. The third-order valence-corrected chi connectivity index (χ3v) is 4.70. The van der Waals surface area contributed by atoms with Crippen molar-refractivity contribution in [3.05, 3.63) is 0 Å². The molecule has 1 saturated heterocycles. The Labute approximate surface area is 132 Å². The molecule has 1 aliphatic rings. The highest BCUT2D eigenvalue weighted by atomic mass is 16.2. The van der Waals surface area contributed by atoms with E-state index in [1.165, 1.54) is 83.5 Å². The number of carbonyl (C=O) groups excluding carboxylic acids is 1. The first-order valence-corrected chi connectivity index (χ1v) is 9.62. The Hall–Kier alpha value is -0.530. The van der Waals surface area contributed by atoms with Gasteiger partial charge in [0.05, 0.1) is 0 Å². The second kappa shape index (κ2) is 13.2. The molecule has 0 aromatic heterocycles. The molecule has 0 spiro atoms. The van der Waals surface area contributed by atoms with E-state index in [4.69, 9.17) is 0 Å². The molecule has 0 atom stereocenters. The average Bonchev–Trinajstić information content (AvgIpc) is 2.78. The average molecular weight is 296 g/mol. The van der Waals surface area contributed by atoms with Crippen molar-refractivity contribution in [3.8, 4) is 0 Å². The van der Waals surface area contributed by atoms with Crippen molar-refractivity contribution in [2.75, 3.05) is 13.1 Å². The number of likely N-dealkylation sites (tertiary alicyclic amines) is 1. The standard InChI is InChI=1S/C19H37NO/c1-2-3-4-5-6-7-8-9-10-13-16-19(21)20-17-14-11-12-15-18-20/h2-18H2,1H3. The van der Waals surface area contributed by atoms with Gasteiger partial charge in [0.2, 0.25) is 5.91 Å². The first kappa shape index (κ1) is 18.5. The lowest BCUT2D eigenvalue weighted by Gasteiger charge is -2.20. The van der Waals surface area contributed by atoms with Crippen LogP contribution in [0.3, 0.4) is 0 Å². The molecule has 1 aliphatic heterocycles. The minimum atomic E-state index is 0.413. The van der Waals surface area contributed by atoms with Crippen LogP contribution in [0, 0.1) is 0 Å². The monoisotopic (exact) mass is 295 g/mol. The van der Waals surface area contributed by atoms with Crippen LogP contribution in [-0.2, 0) is 4.79 Å². The van der Waals surface area contributed by atoms with Gasteiger partial charge < -0.3 is 4.90 Å². The van der Waals surface area contributed by atoms with Crippen molar-refractivity contribution in [1.82, 2.24) is 4.90 Å². The maximum Gasteiger partial charge on any atom is 0.222 e. The van der Waals surface area contributed by atoms with Crippen LogP contribution in [-0.4, -0.2) is 23.9 Å². The van der Waals surface area contributed by atoms with Gasteiger partial charge in [0.1, 0.15) is 0 Å². The van der Waals surface area contributed by atoms with Crippen LogP contribution in [0.1, 0.15) is 103 Å². The fourth-order valence-electron chi connectivity index (χ4n) is 3.24. The lowest BCUT2D eigenvalue weighted by Crippen LogP contribution is -2.31. The third-order valence-electron chi connectivity index (χ3n) is 4.70. The van der Waals surface area contributed by atoms with E-state index in [0.29, 0.717) is 5.91 Å². The summed E-state index contributed by atoms with van der Waals surface area (Å²) >= 11 is 0. The van der Waals surface area contributed by atoms with Crippen molar-refractivity contribution in [2.24, 2.45) is 0 Å². The zero-order valence-corrected chi connectivity index (χ0v) is 14.4. The number of unbranched alkanes of at least 4 members (excludes halogenated alkanes) is 9. The van der Waals surface area contributed by atoms with Gasteiger partial charge in [-0.2, -0.15) is 0 Å². The summed E-state index contributed by atoms with van der Waals surface area (Å²) in [5.74, 6) is 0.413. The molecule has 2 heteroatoms. The summed E-state index contributed by atoms with van der Waals surface area (Å²) in [4.78, 5) is 14.2. The van der Waals surface area contributed by atoms with E-state index in [2.05, 4.69) is 11.8 Å². The molecule has 1 rings (SSSR count). The lowest BCUT2D eigenvalue weighted by molar-refractivity contribution is -0.131. The third kappa shape index (κ3) is 9.92. The van der Waals surface area contributed by atoms with Gasteiger partial charge in [-0.25, -0.2) is 0 Å². The fourth-order valence-corrected chi connectivity index (χ4v) is 3.24. The summed E-state index contributed by atoms with van der Waals surface area (Å²) in [6.45, 7) is 4.29. The van der Waals surface area contributed by atoms with Gasteiger partial charge in [-0.3, -0.25) is 4.79 Å². The molecule has 124 valence electrons. The van der Waals surface area contributed by atoms with Crippen molar-refractivity contribution in [1.29, 1.82) is 0 Å². The molecule has 0 aromatic carbocycles. The van der Waals surface area contributed by atoms with Crippen LogP contribution in [0.15, 0.2) is 0 Å². The number of amides is 1.